The van der Waals surface area contributed by atoms with Gasteiger partial charge < -0.3 is 20.5 Å². The maximum absolute atomic E-state index is 12.6. The zero-order valence-corrected chi connectivity index (χ0v) is 18.6. The van der Waals surface area contributed by atoms with Crippen LogP contribution in [0, 0.1) is 0 Å². The van der Waals surface area contributed by atoms with Gasteiger partial charge in [0.25, 0.3) is 11.8 Å². The highest BCUT2D eigenvalue weighted by atomic mass is 16.5. The first-order valence-electron chi connectivity index (χ1n) is 10.9. The normalized spacial score (nSPS) is 11.4. The fraction of sp³-hybridized carbons (Fsp3) is 0.250. The number of hydrogen-bond donors (Lipinski definition) is 5. The molecule has 0 aliphatic carbocycles. The molecule has 5 N–H and O–H groups in total. The molecule has 0 saturated heterocycles. The molecule has 0 aliphatic rings. The number of imidazole rings is 1. The summed E-state index contributed by atoms with van der Waals surface area (Å²) in [4.78, 5) is 40.6. The van der Waals surface area contributed by atoms with Gasteiger partial charge in [0, 0.05) is 31.0 Å². The third-order valence-electron chi connectivity index (χ3n) is 5.10. The Bertz CT molecular complexity index is 1050. The van der Waals surface area contributed by atoms with Crippen molar-refractivity contribution in [3.05, 3.63) is 78.9 Å². The number of aryl methyl sites for hydroxylation is 1. The molecule has 10 heteroatoms. The second-order valence-corrected chi connectivity index (χ2v) is 7.58. The number of nitrogens with zero attached hydrogens (tertiary/aromatic N) is 2. The summed E-state index contributed by atoms with van der Waals surface area (Å²) in [5, 5.41) is 17.2. The Morgan fingerprint density at radius 2 is 1.74 bits per heavy atom. The van der Waals surface area contributed by atoms with Crippen molar-refractivity contribution in [2.24, 2.45) is 0 Å². The van der Waals surface area contributed by atoms with Crippen molar-refractivity contribution in [2.75, 3.05) is 19.6 Å². The number of hydroxylamine groups is 1. The second-order valence-electron chi connectivity index (χ2n) is 7.58. The van der Waals surface area contributed by atoms with Gasteiger partial charge in [0.1, 0.15) is 6.04 Å². The number of benzene rings is 2. The molecule has 0 fully saturated rings. The lowest BCUT2D eigenvalue weighted by Gasteiger charge is -2.18. The predicted molar refractivity (Wildman–Crippen MR) is 126 cm³/mol. The van der Waals surface area contributed by atoms with Gasteiger partial charge in [-0.25, -0.2) is 10.5 Å². The average Bonchev–Trinajstić information content (AvgIpc) is 3.40. The summed E-state index contributed by atoms with van der Waals surface area (Å²) >= 11 is 0. The predicted octanol–water partition coefficient (Wildman–Crippen LogP) is 0.950. The summed E-state index contributed by atoms with van der Waals surface area (Å²) < 4.78 is 1.94. The van der Waals surface area contributed by atoms with E-state index in [4.69, 9.17) is 5.21 Å². The molecule has 3 rings (SSSR count). The van der Waals surface area contributed by atoms with E-state index in [9.17, 15) is 14.4 Å². The molecule has 1 aromatic heterocycles. The Balaban J connectivity index is 1.45. The lowest BCUT2D eigenvalue weighted by molar-refractivity contribution is -0.131. The van der Waals surface area contributed by atoms with Crippen LogP contribution in [0.25, 0.3) is 11.1 Å². The summed E-state index contributed by atoms with van der Waals surface area (Å²) in [5.74, 6) is -1.66. The number of carbonyl (C=O) groups excluding carboxylic acids is 3. The van der Waals surface area contributed by atoms with Crippen molar-refractivity contribution in [1.29, 1.82) is 0 Å². The van der Waals surface area contributed by atoms with Gasteiger partial charge in [-0.2, -0.15) is 0 Å². The molecule has 1 atom stereocenters. The van der Waals surface area contributed by atoms with Crippen molar-refractivity contribution >= 4 is 17.7 Å². The minimum absolute atomic E-state index is 0.0618. The molecule has 0 radical (unpaired) electrons. The van der Waals surface area contributed by atoms with Gasteiger partial charge in [-0.05, 0) is 36.2 Å². The largest absolute Gasteiger partial charge is 0.352 e. The maximum atomic E-state index is 12.6. The minimum Gasteiger partial charge on any atom is -0.352 e. The highest BCUT2D eigenvalue weighted by Gasteiger charge is 2.22. The zero-order chi connectivity index (χ0) is 24.2. The van der Waals surface area contributed by atoms with E-state index < -0.39 is 17.9 Å². The van der Waals surface area contributed by atoms with Crippen LogP contribution >= 0.6 is 0 Å². The van der Waals surface area contributed by atoms with Gasteiger partial charge in [-0.1, -0.05) is 42.5 Å². The summed E-state index contributed by atoms with van der Waals surface area (Å²) in [6, 6.07) is 15.5. The standard InChI is InChI=1S/C24H28N6O4/c31-22(16-25-11-4-13-30-14-12-26-17-30)27-15-21(24(33)29-34)28-23(32)20-9-7-19(8-10-20)18-5-2-1-3-6-18/h1-3,5-10,12,14,17,21,25,34H,4,11,13,15-16H2,(H,27,31)(H,28,32)(H,29,33)/t21-/m0/s1. The SMILES string of the molecule is O=C(CNCCCn1ccnc1)NC[C@H](NC(=O)c1ccc(-c2ccccc2)cc1)C(=O)NO. The third kappa shape index (κ3) is 7.54. The quantitative estimate of drug-likeness (QED) is 0.154. The first-order chi connectivity index (χ1) is 16.6. The van der Waals surface area contributed by atoms with E-state index in [0.717, 1.165) is 24.1 Å². The molecule has 34 heavy (non-hydrogen) atoms. The van der Waals surface area contributed by atoms with Crippen molar-refractivity contribution in [1.82, 2.24) is 31.0 Å². The van der Waals surface area contributed by atoms with Crippen molar-refractivity contribution in [3.63, 3.8) is 0 Å². The van der Waals surface area contributed by atoms with Crippen LogP contribution < -0.4 is 21.4 Å². The van der Waals surface area contributed by atoms with E-state index in [1.165, 1.54) is 5.48 Å². The summed E-state index contributed by atoms with van der Waals surface area (Å²) in [5.41, 5.74) is 3.84. The topological polar surface area (TPSA) is 137 Å². The molecular weight excluding hydrogens is 436 g/mol. The molecule has 3 amide bonds. The number of rotatable bonds is 12. The van der Waals surface area contributed by atoms with Gasteiger partial charge in [-0.3, -0.25) is 19.6 Å². The number of aromatic nitrogens is 2. The fourth-order valence-electron chi connectivity index (χ4n) is 3.26. The zero-order valence-electron chi connectivity index (χ0n) is 18.6. The van der Waals surface area contributed by atoms with Crippen LogP contribution in [0.1, 0.15) is 16.8 Å². The van der Waals surface area contributed by atoms with Crippen molar-refractivity contribution < 1.29 is 19.6 Å². The first kappa shape index (κ1) is 24.6. The van der Waals surface area contributed by atoms with Crippen LogP contribution in [-0.2, 0) is 16.1 Å². The third-order valence-corrected chi connectivity index (χ3v) is 5.10. The maximum Gasteiger partial charge on any atom is 0.267 e. The molecule has 0 saturated carbocycles. The summed E-state index contributed by atoms with van der Waals surface area (Å²) in [6.07, 6.45) is 6.12. The van der Waals surface area contributed by atoms with E-state index in [1.807, 2.05) is 53.2 Å². The molecule has 0 spiro atoms. The van der Waals surface area contributed by atoms with E-state index in [-0.39, 0.29) is 19.0 Å². The molecule has 3 aromatic rings. The minimum atomic E-state index is -1.14. The molecule has 0 aliphatic heterocycles. The molecule has 0 unspecified atom stereocenters. The lowest BCUT2D eigenvalue weighted by Crippen LogP contribution is -2.52. The van der Waals surface area contributed by atoms with Gasteiger partial charge in [-0.15, -0.1) is 0 Å². The molecule has 2 aromatic carbocycles. The Kier molecular flexibility index (Phi) is 9.32. The van der Waals surface area contributed by atoms with Gasteiger partial charge in [0.05, 0.1) is 12.9 Å². The highest BCUT2D eigenvalue weighted by Crippen LogP contribution is 2.19. The second kappa shape index (κ2) is 12.9. The van der Waals surface area contributed by atoms with E-state index in [0.29, 0.717) is 12.1 Å². The first-order valence-corrected chi connectivity index (χ1v) is 10.9. The van der Waals surface area contributed by atoms with Crippen molar-refractivity contribution in [2.45, 2.75) is 19.0 Å². The highest BCUT2D eigenvalue weighted by molar-refractivity contribution is 5.98. The Labute approximate surface area is 197 Å². The van der Waals surface area contributed by atoms with E-state index in [2.05, 4.69) is 20.9 Å². The van der Waals surface area contributed by atoms with Gasteiger partial charge >= 0.3 is 0 Å². The van der Waals surface area contributed by atoms with Gasteiger partial charge in [0.2, 0.25) is 5.91 Å². The van der Waals surface area contributed by atoms with Crippen LogP contribution in [0.4, 0.5) is 0 Å². The van der Waals surface area contributed by atoms with Crippen molar-refractivity contribution in [3.8, 4) is 11.1 Å². The Morgan fingerprint density at radius 3 is 2.41 bits per heavy atom. The number of carbonyl (C=O) groups is 3. The molecule has 1 heterocycles. The molecular formula is C24H28N6O4. The van der Waals surface area contributed by atoms with Gasteiger partial charge in [0.15, 0.2) is 0 Å². The Hall–Kier alpha value is -4.02. The Morgan fingerprint density at radius 1 is 1.00 bits per heavy atom. The van der Waals surface area contributed by atoms with E-state index >= 15 is 0 Å². The van der Waals surface area contributed by atoms with Crippen LogP contribution in [-0.4, -0.2) is 58.2 Å². The van der Waals surface area contributed by atoms with Crippen LogP contribution in [0.15, 0.2) is 73.3 Å². The summed E-state index contributed by atoms with van der Waals surface area (Å²) in [7, 11) is 0. The fourth-order valence-corrected chi connectivity index (χ4v) is 3.26. The van der Waals surface area contributed by atoms with E-state index in [1.54, 1.807) is 24.7 Å². The molecule has 10 nitrogen and oxygen atoms in total. The number of amides is 3. The molecule has 0 bridgehead atoms. The summed E-state index contributed by atoms with van der Waals surface area (Å²) in [6.45, 7) is 1.30. The smallest absolute Gasteiger partial charge is 0.267 e. The lowest BCUT2D eigenvalue weighted by atomic mass is 10.0. The van der Waals surface area contributed by atoms with Crippen LogP contribution in [0.3, 0.4) is 0 Å². The number of hydrogen-bond acceptors (Lipinski definition) is 6. The molecule has 178 valence electrons. The van der Waals surface area contributed by atoms with Crippen LogP contribution in [0.5, 0.6) is 0 Å². The average molecular weight is 465 g/mol. The van der Waals surface area contributed by atoms with Crippen LogP contribution in [0.2, 0.25) is 0 Å². The number of nitrogens with one attached hydrogen (secondary N) is 4. The monoisotopic (exact) mass is 464 g/mol.